The molecule has 2 atom stereocenters. The van der Waals surface area contributed by atoms with Crippen LogP contribution in [-0.2, 0) is 0 Å². The zero-order valence-corrected chi connectivity index (χ0v) is 10.8. The molecule has 1 unspecified atom stereocenters. The van der Waals surface area contributed by atoms with E-state index in [4.69, 9.17) is 10.5 Å². The lowest BCUT2D eigenvalue weighted by atomic mass is 9.93. The number of nitrogens with two attached hydrogens (primary N) is 1. The summed E-state index contributed by atoms with van der Waals surface area (Å²) in [6, 6.07) is 12.6. The molecule has 0 spiro atoms. The lowest BCUT2D eigenvalue weighted by molar-refractivity contribution is 0.160. The van der Waals surface area contributed by atoms with Crippen molar-refractivity contribution < 1.29 is 9.13 Å². The monoisotopic (exact) mass is 257 g/mol. The summed E-state index contributed by atoms with van der Waals surface area (Å²) in [4.78, 5) is 0. The van der Waals surface area contributed by atoms with Crippen LogP contribution in [0.2, 0.25) is 0 Å². The largest absolute Gasteiger partial charge is 0.485 e. The summed E-state index contributed by atoms with van der Waals surface area (Å²) >= 11 is 0. The Morgan fingerprint density at radius 3 is 2.84 bits per heavy atom. The molecule has 0 fully saturated rings. The van der Waals surface area contributed by atoms with Gasteiger partial charge < -0.3 is 10.5 Å². The summed E-state index contributed by atoms with van der Waals surface area (Å²) in [5.41, 5.74) is 9.31. The molecule has 1 aliphatic rings. The highest BCUT2D eigenvalue weighted by Gasteiger charge is 2.27. The topological polar surface area (TPSA) is 35.2 Å². The zero-order valence-electron chi connectivity index (χ0n) is 10.8. The van der Waals surface area contributed by atoms with Crippen LogP contribution >= 0.6 is 0 Å². The lowest BCUT2D eigenvalue weighted by Crippen LogP contribution is -2.24. The van der Waals surface area contributed by atoms with Crippen LogP contribution in [0.4, 0.5) is 4.39 Å². The highest BCUT2D eigenvalue weighted by atomic mass is 19.1. The number of aryl methyl sites for hydroxylation is 1. The second-order valence-corrected chi connectivity index (χ2v) is 5.04. The molecule has 3 rings (SSSR count). The predicted molar refractivity (Wildman–Crippen MR) is 72.5 cm³/mol. The average Bonchev–Trinajstić information content (AvgIpc) is 2.38. The van der Waals surface area contributed by atoms with Crippen LogP contribution in [0.5, 0.6) is 5.75 Å². The van der Waals surface area contributed by atoms with Gasteiger partial charge in [0.15, 0.2) is 0 Å². The van der Waals surface area contributed by atoms with Crippen molar-refractivity contribution in [3.63, 3.8) is 0 Å². The summed E-state index contributed by atoms with van der Waals surface area (Å²) in [6.07, 6.45) is 0.603. The SMILES string of the molecule is Cc1cccc(C2C[C@@H](N)c3ccc(F)cc3O2)c1. The van der Waals surface area contributed by atoms with Gasteiger partial charge in [-0.15, -0.1) is 0 Å². The fraction of sp³-hybridized carbons (Fsp3) is 0.250. The van der Waals surface area contributed by atoms with Crippen molar-refractivity contribution in [1.82, 2.24) is 0 Å². The van der Waals surface area contributed by atoms with Crippen molar-refractivity contribution >= 4 is 0 Å². The van der Waals surface area contributed by atoms with Crippen molar-refractivity contribution in [1.29, 1.82) is 0 Å². The van der Waals surface area contributed by atoms with E-state index < -0.39 is 0 Å². The van der Waals surface area contributed by atoms with Gasteiger partial charge in [-0.1, -0.05) is 35.9 Å². The van der Waals surface area contributed by atoms with E-state index in [2.05, 4.69) is 6.07 Å². The molecular weight excluding hydrogens is 241 g/mol. The Hall–Kier alpha value is -1.87. The van der Waals surface area contributed by atoms with E-state index in [9.17, 15) is 4.39 Å². The normalized spacial score (nSPS) is 21.6. The van der Waals surface area contributed by atoms with E-state index in [1.807, 2.05) is 25.1 Å². The van der Waals surface area contributed by atoms with Gasteiger partial charge in [0.05, 0.1) is 0 Å². The number of hydrogen-bond acceptors (Lipinski definition) is 2. The Labute approximate surface area is 112 Å². The standard InChI is InChI=1S/C16H16FNO/c1-10-3-2-4-11(7-10)15-9-14(18)13-6-5-12(17)8-16(13)19-15/h2-8,14-15H,9,18H2,1H3/t14-,15?/m1/s1. The first-order valence-electron chi connectivity index (χ1n) is 6.42. The number of benzene rings is 2. The van der Waals surface area contributed by atoms with E-state index in [1.165, 1.54) is 17.7 Å². The van der Waals surface area contributed by atoms with Gasteiger partial charge in [-0.25, -0.2) is 4.39 Å². The van der Waals surface area contributed by atoms with E-state index in [1.54, 1.807) is 6.07 Å². The number of fused-ring (bicyclic) bond motifs is 1. The van der Waals surface area contributed by atoms with Gasteiger partial charge in [0.25, 0.3) is 0 Å². The molecule has 0 amide bonds. The minimum absolute atomic E-state index is 0.107. The van der Waals surface area contributed by atoms with Crippen LogP contribution in [0, 0.1) is 12.7 Å². The first-order valence-corrected chi connectivity index (χ1v) is 6.42. The molecule has 98 valence electrons. The van der Waals surface area contributed by atoms with Crippen LogP contribution in [-0.4, -0.2) is 0 Å². The van der Waals surface area contributed by atoms with Gasteiger partial charge >= 0.3 is 0 Å². The minimum atomic E-state index is -0.296. The molecule has 2 aromatic carbocycles. The number of ether oxygens (including phenoxy) is 1. The Morgan fingerprint density at radius 2 is 2.05 bits per heavy atom. The molecule has 0 radical (unpaired) electrons. The van der Waals surface area contributed by atoms with Crippen LogP contribution in [0.15, 0.2) is 42.5 Å². The van der Waals surface area contributed by atoms with Crippen LogP contribution in [0.25, 0.3) is 0 Å². The molecule has 0 aromatic heterocycles. The third kappa shape index (κ3) is 2.34. The van der Waals surface area contributed by atoms with Crippen molar-refractivity contribution in [3.05, 3.63) is 65.0 Å². The Morgan fingerprint density at radius 1 is 1.21 bits per heavy atom. The van der Waals surface area contributed by atoms with E-state index in [-0.39, 0.29) is 18.0 Å². The molecule has 2 aromatic rings. The first kappa shape index (κ1) is 12.2. The summed E-state index contributed by atoms with van der Waals surface area (Å²) < 4.78 is 19.2. The van der Waals surface area contributed by atoms with E-state index in [0.29, 0.717) is 12.2 Å². The average molecular weight is 257 g/mol. The van der Waals surface area contributed by atoms with E-state index >= 15 is 0 Å². The number of halogens is 1. The first-order chi connectivity index (χ1) is 9.13. The molecule has 0 bridgehead atoms. The number of hydrogen-bond donors (Lipinski definition) is 1. The van der Waals surface area contributed by atoms with Gasteiger partial charge in [0.1, 0.15) is 17.7 Å². The molecule has 1 aliphatic heterocycles. The van der Waals surface area contributed by atoms with Gasteiger partial charge in [0, 0.05) is 24.1 Å². The van der Waals surface area contributed by atoms with Crippen molar-refractivity contribution in [2.45, 2.75) is 25.5 Å². The van der Waals surface area contributed by atoms with Crippen LogP contribution in [0.3, 0.4) is 0 Å². The molecule has 0 saturated heterocycles. The third-order valence-corrected chi connectivity index (χ3v) is 3.53. The molecule has 0 aliphatic carbocycles. The quantitative estimate of drug-likeness (QED) is 0.846. The van der Waals surface area contributed by atoms with E-state index in [0.717, 1.165) is 11.1 Å². The third-order valence-electron chi connectivity index (χ3n) is 3.53. The molecule has 2 N–H and O–H groups in total. The summed E-state index contributed by atoms with van der Waals surface area (Å²) in [7, 11) is 0. The number of rotatable bonds is 1. The highest BCUT2D eigenvalue weighted by Crippen LogP contribution is 2.39. The van der Waals surface area contributed by atoms with Crippen molar-refractivity contribution in [2.75, 3.05) is 0 Å². The van der Waals surface area contributed by atoms with Crippen LogP contribution < -0.4 is 10.5 Å². The van der Waals surface area contributed by atoms with Gasteiger partial charge in [-0.05, 0) is 18.6 Å². The highest BCUT2D eigenvalue weighted by molar-refractivity contribution is 5.39. The molecule has 2 nitrogen and oxygen atoms in total. The molecular formula is C16H16FNO. The van der Waals surface area contributed by atoms with Gasteiger partial charge in [0.2, 0.25) is 0 Å². The maximum Gasteiger partial charge on any atom is 0.127 e. The van der Waals surface area contributed by atoms with Gasteiger partial charge in [-0.3, -0.25) is 0 Å². The Kier molecular flexibility index (Phi) is 2.99. The zero-order chi connectivity index (χ0) is 13.4. The molecule has 1 heterocycles. The van der Waals surface area contributed by atoms with Crippen molar-refractivity contribution in [3.8, 4) is 5.75 Å². The smallest absolute Gasteiger partial charge is 0.127 e. The van der Waals surface area contributed by atoms with Crippen LogP contribution in [0.1, 0.15) is 35.3 Å². The fourth-order valence-corrected chi connectivity index (χ4v) is 2.55. The minimum Gasteiger partial charge on any atom is -0.485 e. The molecule has 3 heteroatoms. The fourth-order valence-electron chi connectivity index (χ4n) is 2.55. The van der Waals surface area contributed by atoms with Crippen molar-refractivity contribution in [2.24, 2.45) is 5.73 Å². The summed E-state index contributed by atoms with van der Waals surface area (Å²) in [5.74, 6) is 0.265. The predicted octanol–water partition coefficient (Wildman–Crippen LogP) is 3.66. The Bertz CT molecular complexity index is 611. The second kappa shape index (κ2) is 4.67. The Balaban J connectivity index is 1.96. The summed E-state index contributed by atoms with van der Waals surface area (Å²) in [5, 5.41) is 0. The molecule has 0 saturated carbocycles. The maximum absolute atomic E-state index is 13.3. The molecule has 19 heavy (non-hydrogen) atoms. The maximum atomic E-state index is 13.3. The second-order valence-electron chi connectivity index (χ2n) is 5.04. The lowest BCUT2D eigenvalue weighted by Gasteiger charge is -2.30. The van der Waals surface area contributed by atoms with Gasteiger partial charge in [-0.2, -0.15) is 0 Å². The summed E-state index contributed by atoms with van der Waals surface area (Å²) in [6.45, 7) is 2.04.